The van der Waals surface area contributed by atoms with Crippen LogP contribution in [0.25, 0.3) is 32.9 Å². The van der Waals surface area contributed by atoms with Gasteiger partial charge in [-0.15, -0.1) is 0 Å². The second-order valence-electron chi connectivity index (χ2n) is 5.91. The third kappa shape index (κ3) is 2.43. The van der Waals surface area contributed by atoms with Gasteiger partial charge in [0.2, 0.25) is 0 Å². The molecule has 6 nitrogen and oxygen atoms in total. The van der Waals surface area contributed by atoms with Gasteiger partial charge in [-0.25, -0.2) is 9.59 Å². The van der Waals surface area contributed by atoms with E-state index >= 15 is 0 Å². The third-order valence-electron chi connectivity index (χ3n) is 4.50. The summed E-state index contributed by atoms with van der Waals surface area (Å²) < 4.78 is 9.62. The van der Waals surface area contributed by atoms with Gasteiger partial charge in [0.15, 0.2) is 0 Å². The van der Waals surface area contributed by atoms with Gasteiger partial charge in [0.1, 0.15) is 0 Å². The first-order valence-electron chi connectivity index (χ1n) is 8.01. The van der Waals surface area contributed by atoms with Crippen molar-refractivity contribution in [2.45, 2.75) is 0 Å². The van der Waals surface area contributed by atoms with Crippen LogP contribution >= 0.6 is 0 Å². The van der Waals surface area contributed by atoms with Crippen LogP contribution in [0.2, 0.25) is 0 Å². The number of rotatable bonds is 3. The third-order valence-corrected chi connectivity index (χ3v) is 4.50. The second kappa shape index (κ2) is 6.07. The minimum absolute atomic E-state index is 0.383. The lowest BCUT2D eigenvalue weighted by Gasteiger charge is -2.03. The van der Waals surface area contributed by atoms with Gasteiger partial charge in [0.25, 0.3) is 0 Å². The lowest BCUT2D eigenvalue weighted by molar-refractivity contribution is 0.0592. The summed E-state index contributed by atoms with van der Waals surface area (Å²) in [6.07, 6.45) is 3.78. The van der Waals surface area contributed by atoms with E-state index in [1.807, 2.05) is 24.5 Å². The number of nitrogens with one attached hydrogen (secondary N) is 2. The van der Waals surface area contributed by atoms with Gasteiger partial charge in [-0.05, 0) is 36.4 Å². The molecule has 2 aromatic carbocycles. The number of carbonyl (C=O) groups excluding carboxylic acids is 2. The lowest BCUT2D eigenvalue weighted by Crippen LogP contribution is -2.00. The number of esters is 2. The summed E-state index contributed by atoms with van der Waals surface area (Å²) in [5.74, 6) is -0.767. The molecule has 0 radical (unpaired) electrons. The van der Waals surface area contributed by atoms with Gasteiger partial charge in [-0.1, -0.05) is 0 Å². The molecule has 0 aliphatic carbocycles. The van der Waals surface area contributed by atoms with E-state index < -0.39 is 0 Å². The zero-order valence-corrected chi connectivity index (χ0v) is 14.3. The number of hydrogen-bond acceptors (Lipinski definition) is 4. The van der Waals surface area contributed by atoms with E-state index in [9.17, 15) is 9.59 Å². The SMILES string of the molecule is COC(=O)c1ccc2[nH]cc(-c3c[nH]c4ccc(C(=O)OC)cc34)c2c1. The number of aromatic amines is 2. The van der Waals surface area contributed by atoms with Gasteiger partial charge in [0.05, 0.1) is 25.3 Å². The molecule has 0 amide bonds. The largest absolute Gasteiger partial charge is 0.465 e. The summed E-state index contributed by atoms with van der Waals surface area (Å²) in [5, 5.41) is 1.80. The fourth-order valence-corrected chi connectivity index (χ4v) is 3.18. The van der Waals surface area contributed by atoms with Crippen LogP contribution in [0.15, 0.2) is 48.8 Å². The second-order valence-corrected chi connectivity index (χ2v) is 5.91. The quantitative estimate of drug-likeness (QED) is 0.550. The van der Waals surface area contributed by atoms with Crippen molar-refractivity contribution in [3.05, 3.63) is 59.9 Å². The van der Waals surface area contributed by atoms with Gasteiger partial charge >= 0.3 is 11.9 Å². The van der Waals surface area contributed by atoms with Crippen molar-refractivity contribution in [1.82, 2.24) is 9.97 Å². The molecule has 0 fully saturated rings. The van der Waals surface area contributed by atoms with Crippen molar-refractivity contribution in [2.24, 2.45) is 0 Å². The van der Waals surface area contributed by atoms with E-state index in [4.69, 9.17) is 9.47 Å². The molecule has 0 saturated heterocycles. The van der Waals surface area contributed by atoms with E-state index in [1.54, 1.807) is 24.3 Å². The normalized spacial score (nSPS) is 11.0. The summed E-state index contributed by atoms with van der Waals surface area (Å²) in [7, 11) is 2.72. The van der Waals surface area contributed by atoms with Gasteiger partial charge in [-0.2, -0.15) is 0 Å². The summed E-state index contributed by atoms with van der Waals surface area (Å²) in [6.45, 7) is 0. The topological polar surface area (TPSA) is 84.2 Å². The van der Waals surface area contributed by atoms with E-state index in [2.05, 4.69) is 9.97 Å². The fourth-order valence-electron chi connectivity index (χ4n) is 3.18. The number of carbonyl (C=O) groups is 2. The Morgan fingerprint density at radius 1 is 0.731 bits per heavy atom. The van der Waals surface area contributed by atoms with Gasteiger partial charge in [-0.3, -0.25) is 0 Å². The molecule has 0 aliphatic rings. The zero-order valence-electron chi connectivity index (χ0n) is 14.3. The number of hydrogen-bond donors (Lipinski definition) is 2. The average molecular weight is 348 g/mol. The van der Waals surface area contributed by atoms with Crippen LogP contribution in [0.4, 0.5) is 0 Å². The van der Waals surface area contributed by atoms with E-state index in [1.165, 1.54) is 14.2 Å². The first-order chi connectivity index (χ1) is 12.6. The minimum Gasteiger partial charge on any atom is -0.465 e. The van der Waals surface area contributed by atoms with Crippen LogP contribution in [0.1, 0.15) is 20.7 Å². The molecule has 0 aliphatic heterocycles. The number of aromatic nitrogens is 2. The first kappa shape index (κ1) is 16.0. The molecule has 0 bridgehead atoms. The molecule has 4 rings (SSSR count). The van der Waals surface area contributed by atoms with Crippen LogP contribution in [-0.2, 0) is 9.47 Å². The Morgan fingerprint density at radius 2 is 1.15 bits per heavy atom. The summed E-state index contributed by atoms with van der Waals surface area (Å²) in [4.78, 5) is 30.1. The minimum atomic E-state index is -0.383. The molecule has 0 unspecified atom stereocenters. The molecule has 4 aromatic rings. The van der Waals surface area contributed by atoms with E-state index in [0.29, 0.717) is 11.1 Å². The Hall–Kier alpha value is -3.54. The molecule has 130 valence electrons. The van der Waals surface area contributed by atoms with Crippen molar-refractivity contribution in [2.75, 3.05) is 14.2 Å². The maximum atomic E-state index is 11.9. The molecule has 0 atom stereocenters. The number of ether oxygens (including phenoxy) is 2. The van der Waals surface area contributed by atoms with Crippen molar-refractivity contribution in [3.8, 4) is 11.1 Å². The Morgan fingerprint density at radius 3 is 1.54 bits per heavy atom. The first-order valence-corrected chi connectivity index (χ1v) is 8.01. The van der Waals surface area contributed by atoms with Crippen LogP contribution in [-0.4, -0.2) is 36.1 Å². The number of H-pyrrole nitrogens is 2. The molecule has 26 heavy (non-hydrogen) atoms. The molecule has 2 heterocycles. The predicted octanol–water partition coefficient (Wildman–Crippen LogP) is 3.89. The number of fused-ring (bicyclic) bond motifs is 2. The highest BCUT2D eigenvalue weighted by molar-refractivity contribution is 6.08. The number of methoxy groups -OCH3 is 2. The summed E-state index contributed by atoms with van der Waals surface area (Å²) in [6, 6.07) is 10.7. The lowest BCUT2D eigenvalue weighted by atomic mass is 10.0. The van der Waals surface area contributed by atoms with Crippen molar-refractivity contribution >= 4 is 33.7 Å². The molecular weight excluding hydrogens is 332 g/mol. The number of benzene rings is 2. The zero-order chi connectivity index (χ0) is 18.3. The molecule has 2 aromatic heterocycles. The Bertz CT molecular complexity index is 1060. The van der Waals surface area contributed by atoms with E-state index in [-0.39, 0.29) is 11.9 Å². The smallest absolute Gasteiger partial charge is 0.337 e. The highest BCUT2D eigenvalue weighted by Gasteiger charge is 2.15. The highest BCUT2D eigenvalue weighted by atomic mass is 16.5. The Labute approximate surface area is 148 Å². The van der Waals surface area contributed by atoms with Crippen LogP contribution in [0.5, 0.6) is 0 Å². The Balaban J connectivity index is 1.92. The fraction of sp³-hybridized carbons (Fsp3) is 0.100. The van der Waals surface area contributed by atoms with Gasteiger partial charge in [0, 0.05) is 45.3 Å². The Kier molecular flexibility index (Phi) is 3.73. The highest BCUT2D eigenvalue weighted by Crippen LogP contribution is 2.35. The molecular formula is C20H16N2O4. The van der Waals surface area contributed by atoms with Crippen molar-refractivity contribution < 1.29 is 19.1 Å². The van der Waals surface area contributed by atoms with Crippen LogP contribution in [0.3, 0.4) is 0 Å². The monoisotopic (exact) mass is 348 g/mol. The molecule has 6 heteroatoms. The maximum absolute atomic E-state index is 11.9. The van der Waals surface area contributed by atoms with Crippen LogP contribution in [0, 0.1) is 0 Å². The van der Waals surface area contributed by atoms with Crippen molar-refractivity contribution in [3.63, 3.8) is 0 Å². The molecule has 0 spiro atoms. The molecule has 0 saturated carbocycles. The van der Waals surface area contributed by atoms with Crippen molar-refractivity contribution in [1.29, 1.82) is 0 Å². The average Bonchev–Trinajstić information content (AvgIpc) is 3.29. The summed E-state index contributed by atoms with van der Waals surface area (Å²) >= 11 is 0. The predicted molar refractivity (Wildman–Crippen MR) is 98.3 cm³/mol. The summed E-state index contributed by atoms with van der Waals surface area (Å²) in [5.41, 5.74) is 4.64. The standard InChI is InChI=1S/C20H16N2O4/c1-25-19(23)11-3-5-17-13(7-11)15(9-21-17)16-10-22-18-6-4-12(8-14(16)18)20(24)26-2/h3-10,21-22H,1-2H3. The van der Waals surface area contributed by atoms with Gasteiger partial charge < -0.3 is 19.4 Å². The van der Waals surface area contributed by atoms with E-state index in [0.717, 1.165) is 32.9 Å². The molecule has 2 N–H and O–H groups in total. The van der Waals surface area contributed by atoms with Crippen LogP contribution < -0.4 is 0 Å². The maximum Gasteiger partial charge on any atom is 0.337 e.